The Labute approximate surface area is 203 Å². The normalized spacial score (nSPS) is 24.2. The van der Waals surface area contributed by atoms with Crippen LogP contribution in [0.1, 0.15) is 54.4 Å². The van der Waals surface area contributed by atoms with Gasteiger partial charge in [0.15, 0.2) is 0 Å². The third-order valence-electron chi connectivity index (χ3n) is 9.00. The SMILES string of the molecule is Cc1ccc2c(c1)CC1=C2C2(CCN(C(=O)C3CCC3)CC2)CN(Cc2ccccc2)[C@@H]1CO. The first kappa shape index (κ1) is 22.1. The second-order valence-electron chi connectivity index (χ2n) is 11.1. The predicted molar refractivity (Wildman–Crippen MR) is 135 cm³/mol. The maximum Gasteiger partial charge on any atom is 0.225 e. The first-order valence-electron chi connectivity index (χ1n) is 13.1. The summed E-state index contributed by atoms with van der Waals surface area (Å²) in [5.41, 5.74) is 8.38. The van der Waals surface area contributed by atoms with E-state index in [-0.39, 0.29) is 24.0 Å². The lowest BCUT2D eigenvalue weighted by molar-refractivity contribution is -0.140. The molecule has 178 valence electrons. The fourth-order valence-electron chi connectivity index (χ4n) is 6.97. The number of amides is 1. The van der Waals surface area contributed by atoms with Crippen molar-refractivity contribution in [2.45, 2.75) is 58.0 Å². The summed E-state index contributed by atoms with van der Waals surface area (Å²) in [5, 5.41) is 10.6. The van der Waals surface area contributed by atoms with E-state index in [1.165, 1.54) is 39.8 Å². The van der Waals surface area contributed by atoms with E-state index in [0.717, 1.165) is 58.3 Å². The van der Waals surface area contributed by atoms with Crippen LogP contribution in [-0.4, -0.2) is 53.1 Å². The Hall–Kier alpha value is -2.43. The summed E-state index contributed by atoms with van der Waals surface area (Å²) in [6.07, 6.45) is 6.33. The molecule has 0 aromatic heterocycles. The van der Waals surface area contributed by atoms with Gasteiger partial charge in [-0.15, -0.1) is 0 Å². The van der Waals surface area contributed by atoms with Gasteiger partial charge in [-0.2, -0.15) is 0 Å². The molecule has 1 N–H and O–H groups in total. The number of aliphatic hydroxyl groups is 1. The quantitative estimate of drug-likeness (QED) is 0.732. The first-order valence-corrected chi connectivity index (χ1v) is 13.1. The molecule has 4 aliphatic rings. The lowest BCUT2D eigenvalue weighted by Gasteiger charge is -2.52. The van der Waals surface area contributed by atoms with Crippen molar-refractivity contribution in [1.82, 2.24) is 9.80 Å². The number of hydrogen-bond acceptors (Lipinski definition) is 3. The molecule has 1 saturated heterocycles. The van der Waals surface area contributed by atoms with Crippen LogP contribution in [0.15, 0.2) is 54.1 Å². The Kier molecular flexibility index (Phi) is 5.62. The van der Waals surface area contributed by atoms with Gasteiger partial charge in [0, 0.05) is 37.5 Å². The molecule has 6 rings (SSSR count). The van der Waals surface area contributed by atoms with Crippen LogP contribution in [0.5, 0.6) is 0 Å². The summed E-state index contributed by atoms with van der Waals surface area (Å²) in [4.78, 5) is 17.7. The molecule has 2 aliphatic carbocycles. The van der Waals surface area contributed by atoms with Crippen molar-refractivity contribution in [3.8, 4) is 0 Å². The van der Waals surface area contributed by atoms with E-state index in [4.69, 9.17) is 0 Å². The molecule has 2 heterocycles. The van der Waals surface area contributed by atoms with Gasteiger partial charge in [-0.05, 0) is 66.9 Å². The second kappa shape index (κ2) is 8.66. The predicted octanol–water partition coefficient (Wildman–Crippen LogP) is 4.59. The third-order valence-corrected chi connectivity index (χ3v) is 9.00. The van der Waals surface area contributed by atoms with Crippen LogP contribution in [-0.2, 0) is 17.8 Å². The van der Waals surface area contributed by atoms with Crippen molar-refractivity contribution in [2.24, 2.45) is 11.3 Å². The highest BCUT2D eigenvalue weighted by molar-refractivity contribution is 5.83. The van der Waals surface area contributed by atoms with Crippen LogP contribution < -0.4 is 0 Å². The Bertz CT molecular complexity index is 1110. The van der Waals surface area contributed by atoms with Crippen molar-refractivity contribution in [3.05, 3.63) is 76.4 Å². The molecule has 0 radical (unpaired) electrons. The third kappa shape index (κ3) is 3.63. The number of likely N-dealkylation sites (tertiary alicyclic amines) is 1. The van der Waals surface area contributed by atoms with Gasteiger partial charge >= 0.3 is 0 Å². The number of benzene rings is 2. The van der Waals surface area contributed by atoms with Gasteiger partial charge in [0.05, 0.1) is 12.6 Å². The van der Waals surface area contributed by atoms with E-state index in [0.29, 0.717) is 5.91 Å². The monoisotopic (exact) mass is 456 g/mol. The van der Waals surface area contributed by atoms with Gasteiger partial charge in [-0.1, -0.05) is 60.5 Å². The fourth-order valence-corrected chi connectivity index (χ4v) is 6.97. The minimum absolute atomic E-state index is 0.0483. The zero-order valence-corrected chi connectivity index (χ0v) is 20.3. The van der Waals surface area contributed by atoms with E-state index >= 15 is 0 Å². The van der Waals surface area contributed by atoms with Crippen molar-refractivity contribution in [3.63, 3.8) is 0 Å². The van der Waals surface area contributed by atoms with Crippen LogP contribution in [0.4, 0.5) is 0 Å². The van der Waals surface area contributed by atoms with E-state index in [1.807, 2.05) is 0 Å². The molecule has 1 amide bonds. The number of aryl methyl sites for hydroxylation is 1. The summed E-state index contributed by atoms with van der Waals surface area (Å²) in [7, 11) is 0. The minimum atomic E-state index is 0.0483. The van der Waals surface area contributed by atoms with E-state index in [2.05, 4.69) is 65.3 Å². The molecule has 34 heavy (non-hydrogen) atoms. The number of nitrogens with zero attached hydrogens (tertiary/aromatic N) is 2. The summed E-state index contributed by atoms with van der Waals surface area (Å²) < 4.78 is 0. The standard InChI is InChI=1S/C30H36N2O2/c1-21-10-11-25-24(16-21)17-26-27(19-33)32(18-22-6-3-2-4-7-22)20-30(28(25)26)12-14-31(15-13-30)29(34)23-8-5-9-23/h2-4,6-7,10-11,16,23,27,33H,5,8-9,12-15,17-20H2,1H3/t27-/m1/s1. The van der Waals surface area contributed by atoms with Crippen LogP contribution in [0.2, 0.25) is 0 Å². The van der Waals surface area contributed by atoms with Gasteiger partial charge in [0.2, 0.25) is 5.91 Å². The molecule has 1 spiro atoms. The van der Waals surface area contributed by atoms with E-state index in [9.17, 15) is 9.90 Å². The van der Waals surface area contributed by atoms with Gasteiger partial charge in [0.1, 0.15) is 0 Å². The highest BCUT2D eigenvalue weighted by Gasteiger charge is 2.50. The number of aliphatic hydroxyl groups excluding tert-OH is 1. The highest BCUT2D eigenvalue weighted by atomic mass is 16.3. The summed E-state index contributed by atoms with van der Waals surface area (Å²) in [6.45, 7) is 5.84. The molecule has 2 aliphatic heterocycles. The second-order valence-corrected chi connectivity index (χ2v) is 11.1. The Balaban J connectivity index is 1.35. The zero-order chi connectivity index (χ0) is 23.3. The molecule has 4 heteroatoms. The minimum Gasteiger partial charge on any atom is -0.394 e. The summed E-state index contributed by atoms with van der Waals surface area (Å²) in [6, 6.07) is 17.6. The van der Waals surface area contributed by atoms with Crippen molar-refractivity contribution >= 4 is 11.5 Å². The van der Waals surface area contributed by atoms with Gasteiger partial charge in [-0.3, -0.25) is 9.69 Å². The Morgan fingerprint density at radius 3 is 2.53 bits per heavy atom. The number of carbonyl (C=O) groups is 1. The van der Waals surface area contributed by atoms with Crippen molar-refractivity contribution in [2.75, 3.05) is 26.2 Å². The lowest BCUT2D eigenvalue weighted by atomic mass is 9.66. The summed E-state index contributed by atoms with van der Waals surface area (Å²) in [5.74, 6) is 0.668. The topological polar surface area (TPSA) is 43.8 Å². The average Bonchev–Trinajstić information content (AvgIpc) is 3.18. The molecule has 1 atom stereocenters. The van der Waals surface area contributed by atoms with Crippen LogP contribution in [0, 0.1) is 18.3 Å². The maximum atomic E-state index is 13.0. The van der Waals surface area contributed by atoms with E-state index < -0.39 is 0 Å². The van der Waals surface area contributed by atoms with Crippen LogP contribution >= 0.6 is 0 Å². The molecule has 0 bridgehead atoms. The van der Waals surface area contributed by atoms with Crippen LogP contribution in [0.25, 0.3) is 5.57 Å². The highest BCUT2D eigenvalue weighted by Crippen LogP contribution is 2.55. The van der Waals surface area contributed by atoms with Crippen LogP contribution in [0.3, 0.4) is 0 Å². The molecular formula is C30H36N2O2. The fraction of sp³-hybridized carbons (Fsp3) is 0.500. The summed E-state index contributed by atoms with van der Waals surface area (Å²) >= 11 is 0. The molecule has 4 nitrogen and oxygen atoms in total. The molecule has 2 fully saturated rings. The Morgan fingerprint density at radius 2 is 1.85 bits per heavy atom. The number of rotatable bonds is 4. The average molecular weight is 457 g/mol. The molecular weight excluding hydrogens is 420 g/mol. The number of hydrogen-bond donors (Lipinski definition) is 1. The van der Waals surface area contributed by atoms with E-state index in [1.54, 1.807) is 0 Å². The molecule has 1 saturated carbocycles. The zero-order valence-electron chi connectivity index (χ0n) is 20.3. The Morgan fingerprint density at radius 1 is 1.09 bits per heavy atom. The largest absolute Gasteiger partial charge is 0.394 e. The number of carbonyl (C=O) groups excluding carboxylic acids is 1. The van der Waals surface area contributed by atoms with Gasteiger partial charge in [0.25, 0.3) is 0 Å². The molecule has 2 aromatic carbocycles. The molecule has 0 unspecified atom stereocenters. The lowest BCUT2D eigenvalue weighted by Crippen LogP contribution is -2.55. The van der Waals surface area contributed by atoms with Gasteiger partial charge < -0.3 is 10.0 Å². The van der Waals surface area contributed by atoms with Gasteiger partial charge in [-0.25, -0.2) is 0 Å². The molecule has 2 aromatic rings. The maximum absolute atomic E-state index is 13.0. The number of fused-ring (bicyclic) bond motifs is 3. The number of piperidine rings is 1. The first-order chi connectivity index (χ1) is 16.6. The van der Waals surface area contributed by atoms with Crippen molar-refractivity contribution in [1.29, 1.82) is 0 Å². The van der Waals surface area contributed by atoms with Crippen molar-refractivity contribution < 1.29 is 9.90 Å². The smallest absolute Gasteiger partial charge is 0.225 e.